The molecule has 1 aliphatic rings. The molecule has 1 aliphatic heterocycles. The fourth-order valence-corrected chi connectivity index (χ4v) is 2.02. The van der Waals surface area contributed by atoms with E-state index in [0.717, 1.165) is 24.1 Å². The molecule has 86 valence electrons. The molecule has 0 radical (unpaired) electrons. The highest BCUT2D eigenvalue weighted by molar-refractivity contribution is 5.98. The van der Waals surface area contributed by atoms with E-state index >= 15 is 0 Å². The Bertz CT molecular complexity index is 370. The zero-order chi connectivity index (χ0) is 11.4. The molecule has 1 saturated heterocycles. The van der Waals surface area contributed by atoms with Crippen LogP contribution in [0.4, 0.5) is 5.69 Å². The zero-order valence-electron chi connectivity index (χ0n) is 9.53. The van der Waals surface area contributed by atoms with E-state index < -0.39 is 0 Å². The molecule has 3 heteroatoms. The van der Waals surface area contributed by atoms with Crippen LogP contribution < -0.4 is 5.32 Å². The molecular weight excluding hydrogens is 202 g/mol. The van der Waals surface area contributed by atoms with Crippen molar-refractivity contribution in [2.45, 2.75) is 12.8 Å². The van der Waals surface area contributed by atoms with Crippen molar-refractivity contribution >= 4 is 11.5 Å². The van der Waals surface area contributed by atoms with Crippen LogP contribution in [-0.2, 0) is 4.74 Å². The minimum atomic E-state index is 0.140. The first-order valence-corrected chi connectivity index (χ1v) is 5.71. The Morgan fingerprint density at radius 1 is 1.38 bits per heavy atom. The lowest BCUT2D eigenvalue weighted by molar-refractivity contribution is 0.0545. The Hall–Kier alpha value is -1.35. The van der Waals surface area contributed by atoms with E-state index in [0.29, 0.717) is 13.2 Å². The lowest BCUT2D eigenvalue weighted by Gasteiger charge is -2.20. The van der Waals surface area contributed by atoms with Crippen molar-refractivity contribution in [3.8, 4) is 0 Å². The first-order chi connectivity index (χ1) is 7.81. The van der Waals surface area contributed by atoms with Gasteiger partial charge in [0, 0.05) is 37.4 Å². The SMILES string of the molecule is CNc1cccc(C(=O)C2CCOCC2)c1. The third-order valence-corrected chi connectivity index (χ3v) is 3.03. The van der Waals surface area contributed by atoms with E-state index in [1.54, 1.807) is 0 Å². The summed E-state index contributed by atoms with van der Waals surface area (Å²) in [5.41, 5.74) is 1.79. The second-order valence-electron chi connectivity index (χ2n) is 4.08. The maximum absolute atomic E-state index is 12.2. The van der Waals surface area contributed by atoms with Crippen molar-refractivity contribution in [2.75, 3.05) is 25.6 Å². The van der Waals surface area contributed by atoms with Gasteiger partial charge in [-0.25, -0.2) is 0 Å². The Kier molecular flexibility index (Phi) is 3.57. The monoisotopic (exact) mass is 219 g/mol. The summed E-state index contributed by atoms with van der Waals surface area (Å²) >= 11 is 0. The van der Waals surface area contributed by atoms with Crippen LogP contribution in [0.2, 0.25) is 0 Å². The predicted molar refractivity (Wildman–Crippen MR) is 63.9 cm³/mol. The van der Waals surface area contributed by atoms with Gasteiger partial charge in [-0.15, -0.1) is 0 Å². The average Bonchev–Trinajstić information content (AvgIpc) is 2.39. The molecule has 1 fully saturated rings. The molecule has 1 heterocycles. The van der Waals surface area contributed by atoms with Crippen LogP contribution in [-0.4, -0.2) is 26.0 Å². The standard InChI is InChI=1S/C13H17NO2/c1-14-12-4-2-3-11(9-12)13(15)10-5-7-16-8-6-10/h2-4,9-10,14H,5-8H2,1H3. The van der Waals surface area contributed by atoms with Gasteiger partial charge in [0.15, 0.2) is 5.78 Å². The largest absolute Gasteiger partial charge is 0.388 e. The summed E-state index contributed by atoms with van der Waals surface area (Å²) in [7, 11) is 1.86. The summed E-state index contributed by atoms with van der Waals surface area (Å²) in [6.07, 6.45) is 1.70. The lowest BCUT2D eigenvalue weighted by atomic mass is 9.91. The van der Waals surface area contributed by atoms with Gasteiger partial charge in [0.25, 0.3) is 0 Å². The number of ether oxygens (including phenoxy) is 1. The van der Waals surface area contributed by atoms with Gasteiger partial charge >= 0.3 is 0 Å². The summed E-state index contributed by atoms with van der Waals surface area (Å²) in [6.45, 7) is 1.42. The normalized spacial score (nSPS) is 17.1. The number of anilines is 1. The van der Waals surface area contributed by atoms with Gasteiger partial charge in [0.1, 0.15) is 0 Å². The topological polar surface area (TPSA) is 38.3 Å². The van der Waals surface area contributed by atoms with E-state index in [1.165, 1.54) is 0 Å². The first-order valence-electron chi connectivity index (χ1n) is 5.71. The Morgan fingerprint density at radius 2 is 2.12 bits per heavy atom. The molecule has 0 aliphatic carbocycles. The summed E-state index contributed by atoms with van der Waals surface area (Å²) in [6, 6.07) is 7.68. The van der Waals surface area contributed by atoms with E-state index in [4.69, 9.17) is 4.74 Å². The minimum Gasteiger partial charge on any atom is -0.388 e. The highest BCUT2D eigenvalue weighted by atomic mass is 16.5. The third-order valence-electron chi connectivity index (χ3n) is 3.03. The van der Waals surface area contributed by atoms with E-state index in [2.05, 4.69) is 5.32 Å². The fourth-order valence-electron chi connectivity index (χ4n) is 2.02. The fraction of sp³-hybridized carbons (Fsp3) is 0.462. The van der Waals surface area contributed by atoms with Gasteiger partial charge in [-0.05, 0) is 25.0 Å². The van der Waals surface area contributed by atoms with Crippen molar-refractivity contribution in [1.29, 1.82) is 0 Å². The molecular formula is C13H17NO2. The molecule has 3 nitrogen and oxygen atoms in total. The number of benzene rings is 1. The molecule has 0 spiro atoms. The van der Waals surface area contributed by atoms with Crippen molar-refractivity contribution in [3.05, 3.63) is 29.8 Å². The van der Waals surface area contributed by atoms with Gasteiger partial charge in [-0.3, -0.25) is 4.79 Å². The van der Waals surface area contributed by atoms with Crippen molar-refractivity contribution in [2.24, 2.45) is 5.92 Å². The smallest absolute Gasteiger partial charge is 0.166 e. The molecule has 0 unspecified atom stereocenters. The number of nitrogens with one attached hydrogen (secondary N) is 1. The second-order valence-corrected chi connectivity index (χ2v) is 4.08. The maximum Gasteiger partial charge on any atom is 0.166 e. The van der Waals surface area contributed by atoms with E-state index in [-0.39, 0.29) is 11.7 Å². The van der Waals surface area contributed by atoms with Crippen molar-refractivity contribution < 1.29 is 9.53 Å². The Morgan fingerprint density at radius 3 is 2.81 bits per heavy atom. The number of carbonyl (C=O) groups excluding carboxylic acids is 1. The van der Waals surface area contributed by atoms with Crippen LogP contribution in [0.3, 0.4) is 0 Å². The Labute approximate surface area is 95.8 Å². The number of hydrogen-bond acceptors (Lipinski definition) is 3. The molecule has 1 N–H and O–H groups in total. The molecule has 2 rings (SSSR count). The van der Waals surface area contributed by atoms with Crippen molar-refractivity contribution in [1.82, 2.24) is 0 Å². The quantitative estimate of drug-likeness (QED) is 0.793. The summed E-state index contributed by atoms with van der Waals surface area (Å²) in [5.74, 6) is 0.390. The summed E-state index contributed by atoms with van der Waals surface area (Å²) in [5, 5.41) is 3.05. The highest BCUT2D eigenvalue weighted by Gasteiger charge is 2.22. The number of rotatable bonds is 3. The third kappa shape index (κ3) is 2.42. The molecule has 0 bridgehead atoms. The van der Waals surface area contributed by atoms with Gasteiger partial charge in [-0.1, -0.05) is 12.1 Å². The molecule has 1 aromatic rings. The zero-order valence-corrected chi connectivity index (χ0v) is 9.53. The first kappa shape index (κ1) is 11.1. The number of hydrogen-bond donors (Lipinski definition) is 1. The van der Waals surface area contributed by atoms with Gasteiger partial charge < -0.3 is 10.1 Å². The minimum absolute atomic E-state index is 0.140. The van der Waals surface area contributed by atoms with Crippen LogP contribution in [0.15, 0.2) is 24.3 Å². The number of Topliss-reactive ketones (excluding diaryl/α,β-unsaturated/α-hetero) is 1. The Balaban J connectivity index is 2.12. The van der Waals surface area contributed by atoms with Crippen LogP contribution in [0.1, 0.15) is 23.2 Å². The maximum atomic E-state index is 12.2. The molecule has 16 heavy (non-hydrogen) atoms. The molecule has 0 saturated carbocycles. The van der Waals surface area contributed by atoms with E-state index in [1.807, 2.05) is 31.3 Å². The number of carbonyl (C=O) groups is 1. The molecule has 0 atom stereocenters. The van der Waals surface area contributed by atoms with Crippen LogP contribution in [0.5, 0.6) is 0 Å². The average molecular weight is 219 g/mol. The van der Waals surface area contributed by atoms with Crippen LogP contribution >= 0.6 is 0 Å². The molecule has 0 aromatic heterocycles. The highest BCUT2D eigenvalue weighted by Crippen LogP contribution is 2.21. The predicted octanol–water partition coefficient (Wildman–Crippen LogP) is 2.34. The van der Waals surface area contributed by atoms with Crippen LogP contribution in [0, 0.1) is 5.92 Å². The van der Waals surface area contributed by atoms with Gasteiger partial charge in [0.2, 0.25) is 0 Å². The molecule has 1 aromatic carbocycles. The summed E-state index contributed by atoms with van der Waals surface area (Å²) < 4.78 is 5.27. The van der Waals surface area contributed by atoms with Crippen molar-refractivity contribution in [3.63, 3.8) is 0 Å². The summed E-state index contributed by atoms with van der Waals surface area (Å²) in [4.78, 5) is 12.2. The molecule has 0 amide bonds. The van der Waals surface area contributed by atoms with Gasteiger partial charge in [-0.2, -0.15) is 0 Å². The second kappa shape index (κ2) is 5.12. The lowest BCUT2D eigenvalue weighted by Crippen LogP contribution is -2.23. The van der Waals surface area contributed by atoms with E-state index in [9.17, 15) is 4.79 Å². The number of ketones is 1. The van der Waals surface area contributed by atoms with Gasteiger partial charge in [0.05, 0.1) is 0 Å². The van der Waals surface area contributed by atoms with Crippen LogP contribution in [0.25, 0.3) is 0 Å².